The van der Waals surface area contributed by atoms with Crippen molar-refractivity contribution in [1.29, 1.82) is 0 Å². The molecule has 86 valence electrons. The van der Waals surface area contributed by atoms with Gasteiger partial charge in [0, 0.05) is 6.04 Å². The topological polar surface area (TPSA) is 12.0 Å². The van der Waals surface area contributed by atoms with E-state index < -0.39 is 0 Å². The molecule has 0 saturated heterocycles. The second-order valence-corrected chi connectivity index (χ2v) is 5.15. The Balaban J connectivity index is 2.98. The van der Waals surface area contributed by atoms with Crippen LogP contribution in [-0.2, 0) is 0 Å². The molecule has 0 aliphatic rings. The minimum Gasteiger partial charge on any atom is -0.315 e. The number of rotatable bonds is 10. The third-order valence-corrected chi connectivity index (χ3v) is 3.53. The van der Waals surface area contributed by atoms with Gasteiger partial charge in [0.2, 0.25) is 0 Å². The van der Waals surface area contributed by atoms with Crippen LogP contribution in [-0.4, -0.2) is 24.1 Å². The van der Waals surface area contributed by atoms with Gasteiger partial charge in [0.15, 0.2) is 0 Å². The van der Waals surface area contributed by atoms with E-state index in [1.807, 2.05) is 0 Å². The van der Waals surface area contributed by atoms with Crippen LogP contribution in [0.4, 0.5) is 0 Å². The Kier molecular flexibility index (Phi) is 11.6. The fraction of sp³-hybridized carbons (Fsp3) is 1.00. The predicted molar refractivity (Wildman–Crippen MR) is 69.2 cm³/mol. The van der Waals surface area contributed by atoms with Crippen molar-refractivity contribution in [3.05, 3.63) is 0 Å². The quantitative estimate of drug-likeness (QED) is 0.560. The lowest BCUT2D eigenvalue weighted by Crippen LogP contribution is -2.25. The van der Waals surface area contributed by atoms with Crippen LogP contribution in [0.1, 0.15) is 52.9 Å². The Labute approximate surface area is 94.4 Å². The summed E-state index contributed by atoms with van der Waals surface area (Å²) >= 11 is 2.13. The average molecular weight is 217 g/mol. The molecule has 0 aliphatic heterocycles. The average Bonchev–Trinajstić information content (AvgIpc) is 2.17. The van der Waals surface area contributed by atoms with Gasteiger partial charge < -0.3 is 5.32 Å². The summed E-state index contributed by atoms with van der Waals surface area (Å²) in [6.07, 6.45) is 6.85. The highest BCUT2D eigenvalue weighted by Gasteiger charge is 1.98. The van der Waals surface area contributed by atoms with Crippen LogP contribution < -0.4 is 5.32 Å². The number of thioether (sulfide) groups is 1. The van der Waals surface area contributed by atoms with Crippen LogP contribution >= 0.6 is 11.8 Å². The molecule has 1 N–H and O–H groups in total. The molecule has 0 amide bonds. The fourth-order valence-corrected chi connectivity index (χ4v) is 2.48. The highest BCUT2D eigenvalue weighted by atomic mass is 32.2. The van der Waals surface area contributed by atoms with Gasteiger partial charge in [0.25, 0.3) is 0 Å². The van der Waals surface area contributed by atoms with Gasteiger partial charge in [-0.3, -0.25) is 0 Å². The molecule has 0 radical (unpaired) electrons. The zero-order chi connectivity index (χ0) is 10.6. The summed E-state index contributed by atoms with van der Waals surface area (Å²) in [7, 11) is 0. The molecule has 0 aliphatic carbocycles. The minimum absolute atomic E-state index is 0.705. The maximum atomic E-state index is 3.45. The van der Waals surface area contributed by atoms with Crippen molar-refractivity contribution in [3.8, 4) is 0 Å². The van der Waals surface area contributed by atoms with Gasteiger partial charge in [-0.05, 0) is 44.2 Å². The normalized spacial score (nSPS) is 13.1. The Morgan fingerprint density at radius 3 is 2.43 bits per heavy atom. The van der Waals surface area contributed by atoms with Crippen molar-refractivity contribution in [2.75, 3.05) is 18.1 Å². The van der Waals surface area contributed by atoms with Gasteiger partial charge in [-0.2, -0.15) is 11.8 Å². The molecule has 0 rings (SSSR count). The van der Waals surface area contributed by atoms with E-state index in [9.17, 15) is 0 Å². The molecule has 2 heteroatoms. The summed E-state index contributed by atoms with van der Waals surface area (Å²) in [5, 5.41) is 3.45. The van der Waals surface area contributed by atoms with E-state index in [0.29, 0.717) is 6.04 Å². The van der Waals surface area contributed by atoms with E-state index in [1.165, 1.54) is 43.6 Å². The van der Waals surface area contributed by atoms with Crippen LogP contribution in [0.3, 0.4) is 0 Å². The first kappa shape index (κ1) is 14.3. The number of nitrogens with one attached hydrogen (secondary N) is 1. The molecule has 0 spiro atoms. The SMILES string of the molecule is CCCCCSCCCC(C)NCC. The zero-order valence-corrected chi connectivity index (χ0v) is 11.0. The lowest BCUT2D eigenvalue weighted by Gasteiger charge is -2.11. The lowest BCUT2D eigenvalue weighted by molar-refractivity contribution is 0.526. The van der Waals surface area contributed by atoms with Gasteiger partial charge in [-0.1, -0.05) is 26.7 Å². The summed E-state index contributed by atoms with van der Waals surface area (Å²) < 4.78 is 0. The van der Waals surface area contributed by atoms with Crippen molar-refractivity contribution < 1.29 is 0 Å². The maximum Gasteiger partial charge on any atom is 0.00389 e. The summed E-state index contributed by atoms with van der Waals surface area (Å²) in [4.78, 5) is 0. The lowest BCUT2D eigenvalue weighted by atomic mass is 10.2. The molecule has 14 heavy (non-hydrogen) atoms. The summed E-state index contributed by atoms with van der Waals surface area (Å²) in [5.41, 5.74) is 0. The van der Waals surface area contributed by atoms with E-state index in [-0.39, 0.29) is 0 Å². The van der Waals surface area contributed by atoms with Gasteiger partial charge in [0.05, 0.1) is 0 Å². The van der Waals surface area contributed by atoms with Gasteiger partial charge in [-0.15, -0.1) is 0 Å². The van der Waals surface area contributed by atoms with Gasteiger partial charge >= 0.3 is 0 Å². The maximum absolute atomic E-state index is 3.45. The minimum atomic E-state index is 0.705. The highest BCUT2D eigenvalue weighted by Crippen LogP contribution is 2.09. The molecule has 1 atom stereocenters. The van der Waals surface area contributed by atoms with Crippen molar-refractivity contribution in [2.45, 2.75) is 58.9 Å². The summed E-state index contributed by atoms with van der Waals surface area (Å²) in [5.74, 6) is 2.71. The first-order valence-electron chi connectivity index (χ1n) is 6.12. The van der Waals surface area contributed by atoms with Crippen LogP contribution in [0, 0.1) is 0 Å². The van der Waals surface area contributed by atoms with Gasteiger partial charge in [-0.25, -0.2) is 0 Å². The third kappa shape index (κ3) is 10.4. The van der Waals surface area contributed by atoms with E-state index in [2.05, 4.69) is 37.8 Å². The highest BCUT2D eigenvalue weighted by molar-refractivity contribution is 7.99. The molecule has 0 aromatic carbocycles. The molecule has 0 aromatic rings. The Hall–Kier alpha value is 0.310. The van der Waals surface area contributed by atoms with E-state index in [0.717, 1.165) is 6.54 Å². The smallest absolute Gasteiger partial charge is 0.00389 e. The molecule has 0 heterocycles. The van der Waals surface area contributed by atoms with Crippen molar-refractivity contribution in [1.82, 2.24) is 5.32 Å². The monoisotopic (exact) mass is 217 g/mol. The van der Waals surface area contributed by atoms with Crippen molar-refractivity contribution in [3.63, 3.8) is 0 Å². The van der Waals surface area contributed by atoms with Crippen molar-refractivity contribution >= 4 is 11.8 Å². The second-order valence-electron chi connectivity index (χ2n) is 3.92. The molecule has 1 nitrogen and oxygen atoms in total. The first-order valence-corrected chi connectivity index (χ1v) is 7.27. The van der Waals surface area contributed by atoms with Crippen LogP contribution in [0.15, 0.2) is 0 Å². The Morgan fingerprint density at radius 2 is 1.79 bits per heavy atom. The second kappa shape index (κ2) is 11.4. The Bertz CT molecular complexity index is 106. The first-order chi connectivity index (χ1) is 6.81. The molecular formula is C12H27NS. The van der Waals surface area contributed by atoms with Crippen molar-refractivity contribution in [2.24, 2.45) is 0 Å². The van der Waals surface area contributed by atoms with Crippen LogP contribution in [0.2, 0.25) is 0 Å². The molecule has 0 aromatic heterocycles. The van der Waals surface area contributed by atoms with E-state index in [1.54, 1.807) is 0 Å². The molecule has 0 saturated carbocycles. The molecule has 0 bridgehead atoms. The Morgan fingerprint density at radius 1 is 1.07 bits per heavy atom. The number of unbranched alkanes of at least 4 members (excludes halogenated alkanes) is 2. The fourth-order valence-electron chi connectivity index (χ4n) is 1.50. The standard InChI is InChI=1S/C12H27NS/c1-4-6-7-10-14-11-8-9-12(3)13-5-2/h12-13H,4-11H2,1-3H3. The molecule has 1 unspecified atom stereocenters. The van der Waals surface area contributed by atoms with E-state index >= 15 is 0 Å². The van der Waals surface area contributed by atoms with Crippen LogP contribution in [0.5, 0.6) is 0 Å². The third-order valence-electron chi connectivity index (χ3n) is 2.37. The van der Waals surface area contributed by atoms with E-state index in [4.69, 9.17) is 0 Å². The largest absolute Gasteiger partial charge is 0.315 e. The zero-order valence-electron chi connectivity index (χ0n) is 10.1. The molecular weight excluding hydrogens is 190 g/mol. The van der Waals surface area contributed by atoms with Crippen LogP contribution in [0.25, 0.3) is 0 Å². The number of hydrogen-bond donors (Lipinski definition) is 1. The summed E-state index contributed by atoms with van der Waals surface area (Å²) in [6, 6.07) is 0.705. The predicted octanol–water partition coefficient (Wildman–Crippen LogP) is 3.69. The molecule has 0 fully saturated rings. The summed E-state index contributed by atoms with van der Waals surface area (Å²) in [6.45, 7) is 7.83. The number of hydrogen-bond acceptors (Lipinski definition) is 2. The van der Waals surface area contributed by atoms with Gasteiger partial charge in [0.1, 0.15) is 0 Å².